The molecule has 1 atom stereocenters. The van der Waals surface area contributed by atoms with Crippen molar-refractivity contribution in [2.75, 3.05) is 17.3 Å². The van der Waals surface area contributed by atoms with Gasteiger partial charge in [0, 0.05) is 12.3 Å². The minimum Gasteiger partial charge on any atom is -0.388 e. The molecular formula is C10H15N3O2S2. The van der Waals surface area contributed by atoms with Gasteiger partial charge < -0.3 is 11.1 Å². The van der Waals surface area contributed by atoms with E-state index in [0.29, 0.717) is 5.69 Å². The van der Waals surface area contributed by atoms with E-state index in [0.717, 1.165) is 5.69 Å². The van der Waals surface area contributed by atoms with E-state index in [1.165, 1.54) is 6.26 Å². The first kappa shape index (κ1) is 13.9. The van der Waals surface area contributed by atoms with E-state index in [4.69, 9.17) is 18.0 Å². The highest BCUT2D eigenvalue weighted by molar-refractivity contribution is 7.90. The molecule has 94 valence electrons. The minimum absolute atomic E-state index is 0.0735. The van der Waals surface area contributed by atoms with Crippen LogP contribution in [-0.2, 0) is 9.84 Å². The van der Waals surface area contributed by atoms with Gasteiger partial charge in [0.25, 0.3) is 0 Å². The fourth-order valence-electron chi connectivity index (χ4n) is 1.41. The number of nitrogens with two attached hydrogens (primary N) is 1. The van der Waals surface area contributed by atoms with Crippen LogP contribution in [0, 0.1) is 0 Å². The second kappa shape index (κ2) is 5.42. The van der Waals surface area contributed by atoms with Gasteiger partial charge in [0.05, 0.1) is 23.3 Å². The molecular weight excluding hydrogens is 258 g/mol. The van der Waals surface area contributed by atoms with Gasteiger partial charge in [-0.3, -0.25) is 4.98 Å². The summed E-state index contributed by atoms with van der Waals surface area (Å²) >= 11 is 4.78. The van der Waals surface area contributed by atoms with Crippen molar-refractivity contribution in [2.24, 2.45) is 5.73 Å². The largest absolute Gasteiger partial charge is 0.388 e. The normalized spacial score (nSPS) is 13.1. The van der Waals surface area contributed by atoms with Crippen LogP contribution in [0.25, 0.3) is 0 Å². The summed E-state index contributed by atoms with van der Waals surface area (Å²) in [6, 6.07) is 3.28. The third-order valence-corrected chi connectivity index (χ3v) is 3.30. The monoisotopic (exact) mass is 273 g/mol. The number of nitrogens with one attached hydrogen (secondary N) is 1. The lowest BCUT2D eigenvalue weighted by Gasteiger charge is -2.13. The van der Waals surface area contributed by atoms with Gasteiger partial charge in [0.15, 0.2) is 0 Å². The van der Waals surface area contributed by atoms with Gasteiger partial charge in [-0.1, -0.05) is 12.2 Å². The van der Waals surface area contributed by atoms with Crippen LogP contribution in [0.15, 0.2) is 18.3 Å². The van der Waals surface area contributed by atoms with Crippen molar-refractivity contribution in [3.05, 3.63) is 24.0 Å². The highest BCUT2D eigenvalue weighted by atomic mass is 32.2. The molecule has 1 rings (SSSR count). The van der Waals surface area contributed by atoms with Crippen LogP contribution in [0.1, 0.15) is 12.6 Å². The summed E-state index contributed by atoms with van der Waals surface area (Å²) in [5.74, 6) is 0.0735. The van der Waals surface area contributed by atoms with Crippen molar-refractivity contribution < 1.29 is 8.42 Å². The van der Waals surface area contributed by atoms with Crippen molar-refractivity contribution >= 4 is 32.7 Å². The van der Waals surface area contributed by atoms with Gasteiger partial charge in [-0.2, -0.15) is 0 Å². The molecule has 1 aromatic rings. The van der Waals surface area contributed by atoms with Gasteiger partial charge >= 0.3 is 0 Å². The van der Waals surface area contributed by atoms with E-state index in [2.05, 4.69) is 10.3 Å². The molecule has 0 aliphatic carbocycles. The molecule has 0 saturated heterocycles. The Kier molecular flexibility index (Phi) is 4.41. The van der Waals surface area contributed by atoms with Crippen molar-refractivity contribution in [3.8, 4) is 0 Å². The Balaban J connectivity index is 2.66. The Labute approximate surface area is 106 Å². The maximum atomic E-state index is 11.1. The number of pyridine rings is 1. The lowest BCUT2D eigenvalue weighted by atomic mass is 10.3. The summed E-state index contributed by atoms with van der Waals surface area (Å²) in [5.41, 5.74) is 6.70. The van der Waals surface area contributed by atoms with Crippen molar-refractivity contribution in [2.45, 2.75) is 13.0 Å². The maximum absolute atomic E-state index is 11.1. The molecule has 3 N–H and O–H groups in total. The third-order valence-electron chi connectivity index (χ3n) is 1.98. The van der Waals surface area contributed by atoms with Crippen LogP contribution >= 0.6 is 12.2 Å². The highest BCUT2D eigenvalue weighted by Crippen LogP contribution is 2.08. The number of thiocarbonyl (C=S) groups is 1. The van der Waals surface area contributed by atoms with Crippen LogP contribution in [0.2, 0.25) is 0 Å². The minimum atomic E-state index is -2.99. The van der Waals surface area contributed by atoms with Crippen LogP contribution in [-0.4, -0.2) is 36.4 Å². The standard InChI is InChI=1S/C10H15N3O2S2/c1-7(6-17(2,14)15)13-8-3-4-9(10(11)16)12-5-8/h3-5,7,13H,6H2,1-2H3,(H2,11,16). The number of aromatic nitrogens is 1. The first-order valence-corrected chi connectivity index (χ1v) is 7.45. The lowest BCUT2D eigenvalue weighted by Crippen LogP contribution is -2.25. The molecule has 0 aromatic carbocycles. The van der Waals surface area contributed by atoms with E-state index in [1.54, 1.807) is 25.3 Å². The Morgan fingerprint density at radius 2 is 2.24 bits per heavy atom. The zero-order valence-electron chi connectivity index (χ0n) is 9.67. The van der Waals surface area contributed by atoms with E-state index in [9.17, 15) is 8.42 Å². The number of rotatable bonds is 5. The Bertz CT molecular complexity index is 497. The van der Waals surface area contributed by atoms with E-state index in [-0.39, 0.29) is 16.8 Å². The summed E-state index contributed by atoms with van der Waals surface area (Å²) in [7, 11) is -2.99. The fraction of sp³-hybridized carbons (Fsp3) is 0.400. The van der Waals surface area contributed by atoms with Crippen molar-refractivity contribution in [1.29, 1.82) is 0 Å². The molecule has 1 unspecified atom stereocenters. The van der Waals surface area contributed by atoms with Crippen LogP contribution in [0.3, 0.4) is 0 Å². The quantitative estimate of drug-likeness (QED) is 0.763. The molecule has 0 aliphatic rings. The van der Waals surface area contributed by atoms with E-state index in [1.807, 2.05) is 0 Å². The molecule has 5 nitrogen and oxygen atoms in total. The molecule has 0 saturated carbocycles. The molecule has 7 heteroatoms. The summed E-state index contributed by atoms with van der Waals surface area (Å²) in [4.78, 5) is 4.29. The molecule has 1 aromatic heterocycles. The molecule has 0 amide bonds. The molecule has 0 fully saturated rings. The summed E-state index contributed by atoms with van der Waals surface area (Å²) < 4.78 is 22.2. The maximum Gasteiger partial charge on any atom is 0.149 e. The smallest absolute Gasteiger partial charge is 0.149 e. The SMILES string of the molecule is CC(CS(C)(=O)=O)Nc1ccc(C(N)=S)nc1. The fourth-order valence-corrected chi connectivity index (χ4v) is 2.52. The lowest BCUT2D eigenvalue weighted by molar-refractivity contribution is 0.598. The topological polar surface area (TPSA) is 85.1 Å². The predicted molar refractivity (Wildman–Crippen MR) is 72.9 cm³/mol. The Hall–Kier alpha value is -1.21. The van der Waals surface area contributed by atoms with Gasteiger partial charge in [-0.25, -0.2) is 8.42 Å². The molecule has 0 radical (unpaired) electrons. The van der Waals surface area contributed by atoms with Crippen LogP contribution in [0.4, 0.5) is 5.69 Å². The Morgan fingerprint density at radius 3 is 2.65 bits per heavy atom. The molecule has 0 bridgehead atoms. The van der Waals surface area contributed by atoms with Crippen molar-refractivity contribution in [1.82, 2.24) is 4.98 Å². The number of nitrogens with zero attached hydrogens (tertiary/aromatic N) is 1. The zero-order valence-corrected chi connectivity index (χ0v) is 11.3. The van der Waals surface area contributed by atoms with Gasteiger partial charge in [-0.15, -0.1) is 0 Å². The third kappa shape index (κ3) is 5.10. The average Bonchev–Trinajstić information content (AvgIpc) is 2.15. The number of sulfone groups is 1. The average molecular weight is 273 g/mol. The summed E-state index contributed by atoms with van der Waals surface area (Å²) in [6.07, 6.45) is 2.78. The number of hydrogen-bond acceptors (Lipinski definition) is 5. The van der Waals surface area contributed by atoms with Crippen LogP contribution < -0.4 is 11.1 Å². The van der Waals surface area contributed by atoms with Gasteiger partial charge in [0.2, 0.25) is 0 Å². The second-order valence-corrected chi connectivity index (χ2v) is 6.56. The van der Waals surface area contributed by atoms with E-state index >= 15 is 0 Å². The predicted octanol–water partition coefficient (Wildman–Crippen LogP) is 0.561. The van der Waals surface area contributed by atoms with E-state index < -0.39 is 9.84 Å². The first-order chi connectivity index (χ1) is 7.78. The molecule has 0 aliphatic heterocycles. The second-order valence-electron chi connectivity index (χ2n) is 3.93. The number of anilines is 1. The molecule has 0 spiro atoms. The van der Waals surface area contributed by atoms with Crippen LogP contribution in [0.5, 0.6) is 0 Å². The van der Waals surface area contributed by atoms with Gasteiger partial charge in [-0.05, 0) is 19.1 Å². The van der Waals surface area contributed by atoms with Crippen molar-refractivity contribution in [3.63, 3.8) is 0 Å². The summed E-state index contributed by atoms with van der Waals surface area (Å²) in [5, 5.41) is 3.04. The first-order valence-electron chi connectivity index (χ1n) is 4.98. The zero-order chi connectivity index (χ0) is 13.1. The Morgan fingerprint density at radius 1 is 1.59 bits per heavy atom. The number of hydrogen-bond donors (Lipinski definition) is 2. The molecule has 17 heavy (non-hydrogen) atoms. The van der Waals surface area contributed by atoms with Gasteiger partial charge in [0.1, 0.15) is 14.8 Å². The highest BCUT2D eigenvalue weighted by Gasteiger charge is 2.10. The summed E-state index contributed by atoms with van der Waals surface area (Å²) in [6.45, 7) is 1.79. The molecule has 1 heterocycles.